The maximum Gasteiger partial charge on any atom is 0.191 e. The van der Waals surface area contributed by atoms with Crippen LogP contribution in [-0.4, -0.2) is 60.1 Å². The summed E-state index contributed by atoms with van der Waals surface area (Å²) in [6.45, 7) is 5.16. The van der Waals surface area contributed by atoms with E-state index in [1.807, 2.05) is 24.2 Å². The zero-order valence-corrected chi connectivity index (χ0v) is 13.8. The average Bonchev–Trinajstić information content (AvgIpc) is 2.61. The van der Waals surface area contributed by atoms with Gasteiger partial charge in [0.1, 0.15) is 0 Å². The minimum atomic E-state index is 0.663. The first-order chi connectivity index (χ1) is 10.8. The van der Waals surface area contributed by atoms with E-state index in [-0.39, 0.29) is 0 Å². The van der Waals surface area contributed by atoms with Crippen LogP contribution in [0.3, 0.4) is 0 Å². The second-order valence-corrected chi connectivity index (χ2v) is 7.16. The molecule has 0 aromatic carbocycles. The second-order valence-electron chi connectivity index (χ2n) is 5.93. The van der Waals surface area contributed by atoms with E-state index in [0.29, 0.717) is 5.92 Å². The third-order valence-corrected chi connectivity index (χ3v) is 5.43. The van der Waals surface area contributed by atoms with E-state index in [0.717, 1.165) is 38.7 Å². The summed E-state index contributed by atoms with van der Waals surface area (Å²) in [5, 5.41) is 0. The van der Waals surface area contributed by atoms with Gasteiger partial charge >= 0.3 is 0 Å². The molecule has 3 rings (SSSR count). The molecule has 1 aromatic rings. The van der Waals surface area contributed by atoms with Crippen LogP contribution in [-0.2, 0) is 0 Å². The molecule has 0 saturated carbocycles. The maximum atomic E-state index is 6.13. The summed E-state index contributed by atoms with van der Waals surface area (Å²) in [6, 6.07) is 4.18. The lowest BCUT2D eigenvalue weighted by Crippen LogP contribution is -2.43. The van der Waals surface area contributed by atoms with E-state index >= 15 is 0 Å². The van der Waals surface area contributed by atoms with E-state index < -0.39 is 0 Å². The number of rotatable bonds is 3. The molecule has 2 fully saturated rings. The SMILES string of the molecule is NC(=NCC1CCN(c2ccncc2)CC1)N1CCSCC1. The summed E-state index contributed by atoms with van der Waals surface area (Å²) in [5.74, 6) is 3.74. The van der Waals surface area contributed by atoms with Gasteiger partial charge in [-0.2, -0.15) is 11.8 Å². The molecule has 0 atom stereocenters. The molecule has 5 nitrogen and oxygen atoms in total. The van der Waals surface area contributed by atoms with Crippen LogP contribution in [0.25, 0.3) is 0 Å². The van der Waals surface area contributed by atoms with Crippen LogP contribution >= 0.6 is 11.8 Å². The van der Waals surface area contributed by atoms with Gasteiger partial charge in [0.2, 0.25) is 0 Å². The lowest BCUT2D eigenvalue weighted by atomic mass is 9.97. The van der Waals surface area contributed by atoms with Crippen LogP contribution in [0, 0.1) is 5.92 Å². The Kier molecular flexibility index (Phi) is 5.43. The van der Waals surface area contributed by atoms with Crippen molar-refractivity contribution in [3.05, 3.63) is 24.5 Å². The highest BCUT2D eigenvalue weighted by Crippen LogP contribution is 2.22. The summed E-state index contributed by atoms with van der Waals surface area (Å²) >= 11 is 2.00. The van der Waals surface area contributed by atoms with Crippen molar-refractivity contribution in [2.24, 2.45) is 16.6 Å². The fourth-order valence-corrected chi connectivity index (χ4v) is 3.95. The van der Waals surface area contributed by atoms with Crippen LogP contribution in [0.2, 0.25) is 0 Å². The summed E-state index contributed by atoms with van der Waals surface area (Å²) < 4.78 is 0. The van der Waals surface area contributed by atoms with Crippen LogP contribution < -0.4 is 10.6 Å². The van der Waals surface area contributed by atoms with Gasteiger partial charge in [-0.1, -0.05) is 0 Å². The lowest BCUT2D eigenvalue weighted by molar-refractivity contribution is 0.407. The fourth-order valence-electron chi connectivity index (χ4n) is 3.04. The lowest BCUT2D eigenvalue weighted by Gasteiger charge is -2.33. The molecule has 22 heavy (non-hydrogen) atoms. The summed E-state index contributed by atoms with van der Waals surface area (Å²) in [5.41, 5.74) is 7.41. The van der Waals surface area contributed by atoms with Crippen molar-refractivity contribution in [3.8, 4) is 0 Å². The van der Waals surface area contributed by atoms with E-state index in [1.54, 1.807) is 0 Å². The zero-order chi connectivity index (χ0) is 15.2. The van der Waals surface area contributed by atoms with Crippen LogP contribution in [0.15, 0.2) is 29.5 Å². The van der Waals surface area contributed by atoms with Gasteiger partial charge in [-0.05, 0) is 30.9 Å². The van der Waals surface area contributed by atoms with Gasteiger partial charge < -0.3 is 15.5 Å². The summed E-state index contributed by atoms with van der Waals surface area (Å²) in [7, 11) is 0. The minimum Gasteiger partial charge on any atom is -0.371 e. The first kappa shape index (κ1) is 15.5. The number of nitrogens with zero attached hydrogens (tertiary/aromatic N) is 4. The van der Waals surface area contributed by atoms with Gasteiger partial charge in [0.25, 0.3) is 0 Å². The molecule has 0 unspecified atom stereocenters. The molecule has 0 bridgehead atoms. The van der Waals surface area contributed by atoms with Crippen molar-refractivity contribution in [3.63, 3.8) is 0 Å². The largest absolute Gasteiger partial charge is 0.371 e. The maximum absolute atomic E-state index is 6.13. The van der Waals surface area contributed by atoms with E-state index in [1.165, 1.54) is 30.0 Å². The molecule has 2 saturated heterocycles. The first-order valence-electron chi connectivity index (χ1n) is 8.10. The Morgan fingerprint density at radius 1 is 1.18 bits per heavy atom. The average molecular weight is 319 g/mol. The number of nitrogens with two attached hydrogens (primary N) is 1. The van der Waals surface area contributed by atoms with Gasteiger partial charge in [-0.15, -0.1) is 0 Å². The van der Waals surface area contributed by atoms with Crippen molar-refractivity contribution < 1.29 is 0 Å². The number of aromatic nitrogens is 1. The zero-order valence-electron chi connectivity index (χ0n) is 13.0. The number of guanidine groups is 1. The van der Waals surface area contributed by atoms with Gasteiger partial charge in [0.05, 0.1) is 0 Å². The number of thioether (sulfide) groups is 1. The smallest absolute Gasteiger partial charge is 0.191 e. The topological polar surface area (TPSA) is 57.8 Å². The Hall–Kier alpha value is -1.43. The molecular formula is C16H25N5S. The molecular weight excluding hydrogens is 294 g/mol. The highest BCUT2D eigenvalue weighted by molar-refractivity contribution is 7.99. The number of anilines is 1. The predicted octanol–water partition coefficient (Wildman–Crippen LogP) is 1.66. The minimum absolute atomic E-state index is 0.663. The van der Waals surface area contributed by atoms with E-state index in [2.05, 4.69) is 31.9 Å². The number of hydrogen-bond acceptors (Lipinski definition) is 4. The van der Waals surface area contributed by atoms with Gasteiger partial charge in [0, 0.05) is 62.3 Å². The third kappa shape index (κ3) is 4.06. The molecule has 3 heterocycles. The second kappa shape index (κ2) is 7.72. The Bertz CT molecular complexity index is 479. The van der Waals surface area contributed by atoms with E-state index in [4.69, 9.17) is 5.73 Å². The highest BCUT2D eigenvalue weighted by Gasteiger charge is 2.20. The molecule has 120 valence electrons. The number of aliphatic imine (C=N–C) groups is 1. The fraction of sp³-hybridized carbons (Fsp3) is 0.625. The molecule has 0 radical (unpaired) electrons. The van der Waals surface area contributed by atoms with Crippen molar-refractivity contribution in [2.45, 2.75) is 12.8 Å². The number of pyridine rings is 1. The van der Waals surface area contributed by atoms with E-state index in [9.17, 15) is 0 Å². The quantitative estimate of drug-likeness (QED) is 0.678. The number of hydrogen-bond donors (Lipinski definition) is 1. The molecule has 2 N–H and O–H groups in total. The molecule has 1 aromatic heterocycles. The standard InChI is InChI=1S/C16H25N5S/c17-16(21-9-11-22-12-10-21)19-13-14-3-7-20(8-4-14)15-1-5-18-6-2-15/h1-2,5-6,14H,3-4,7-13H2,(H2,17,19). The molecule has 2 aliphatic rings. The predicted molar refractivity (Wildman–Crippen MR) is 94.6 cm³/mol. The Labute approximate surface area is 137 Å². The van der Waals surface area contributed by atoms with Crippen LogP contribution in [0.4, 0.5) is 5.69 Å². The highest BCUT2D eigenvalue weighted by atomic mass is 32.2. The van der Waals surface area contributed by atoms with Crippen molar-refractivity contribution in [1.82, 2.24) is 9.88 Å². The Morgan fingerprint density at radius 3 is 2.55 bits per heavy atom. The number of piperidine rings is 1. The monoisotopic (exact) mass is 319 g/mol. The van der Waals surface area contributed by atoms with Crippen molar-refractivity contribution in [1.29, 1.82) is 0 Å². The molecule has 0 spiro atoms. The normalized spacial score (nSPS) is 21.2. The van der Waals surface area contributed by atoms with Gasteiger partial charge in [-0.3, -0.25) is 9.98 Å². The summed E-state index contributed by atoms with van der Waals surface area (Å²) in [6.07, 6.45) is 6.11. The van der Waals surface area contributed by atoms with Gasteiger partial charge in [-0.25, -0.2) is 0 Å². The van der Waals surface area contributed by atoms with Gasteiger partial charge in [0.15, 0.2) is 5.96 Å². The third-order valence-electron chi connectivity index (χ3n) is 4.49. The molecule has 6 heteroatoms. The van der Waals surface area contributed by atoms with Crippen molar-refractivity contribution >= 4 is 23.4 Å². The molecule has 2 aliphatic heterocycles. The first-order valence-corrected chi connectivity index (χ1v) is 9.26. The van der Waals surface area contributed by atoms with Crippen LogP contribution in [0.5, 0.6) is 0 Å². The molecule has 0 aliphatic carbocycles. The molecule has 0 amide bonds. The van der Waals surface area contributed by atoms with Crippen molar-refractivity contribution in [2.75, 3.05) is 49.1 Å². The Balaban J connectivity index is 1.45. The van der Waals surface area contributed by atoms with Crippen LogP contribution in [0.1, 0.15) is 12.8 Å². The summed E-state index contributed by atoms with van der Waals surface area (Å²) in [4.78, 5) is 13.4. The Morgan fingerprint density at radius 2 is 1.86 bits per heavy atom.